The maximum atomic E-state index is 11.1. The normalized spacial score (nSPS) is 15.5. The van der Waals surface area contributed by atoms with E-state index in [9.17, 15) is 8.42 Å². The molecule has 0 amide bonds. The second-order valence-corrected chi connectivity index (χ2v) is 6.94. The standard InChI is InChI=1S/C14H22N4O4S/c1-21-12-5-4-11(8-13(12)22-2)6-7-18-9-15-14(16-10-18)17-23(3,19)20/h4-5,8H,6-7,9-10H2,1-3H3,(H2,15,16,17). The van der Waals surface area contributed by atoms with Gasteiger partial charge in [-0.25, -0.2) is 13.4 Å². The quantitative estimate of drug-likeness (QED) is 0.754. The third-order valence-corrected chi connectivity index (χ3v) is 3.91. The van der Waals surface area contributed by atoms with Crippen LogP contribution in [0.25, 0.3) is 0 Å². The van der Waals surface area contributed by atoms with E-state index in [0.717, 1.165) is 24.8 Å². The fourth-order valence-electron chi connectivity index (χ4n) is 2.18. The smallest absolute Gasteiger partial charge is 0.232 e. The minimum Gasteiger partial charge on any atom is -0.493 e. The summed E-state index contributed by atoms with van der Waals surface area (Å²) < 4.78 is 35.1. The maximum Gasteiger partial charge on any atom is 0.232 e. The first-order chi connectivity index (χ1) is 10.9. The molecule has 0 saturated carbocycles. The molecule has 2 rings (SSSR count). The highest BCUT2D eigenvalue weighted by Gasteiger charge is 2.14. The first-order valence-corrected chi connectivity index (χ1v) is 9.00. The highest BCUT2D eigenvalue weighted by Crippen LogP contribution is 2.27. The summed E-state index contributed by atoms with van der Waals surface area (Å²) in [7, 11) is -0.0779. The van der Waals surface area contributed by atoms with E-state index in [4.69, 9.17) is 9.47 Å². The largest absolute Gasteiger partial charge is 0.493 e. The summed E-state index contributed by atoms with van der Waals surface area (Å²) in [4.78, 5) is 6.24. The minimum atomic E-state index is -3.30. The zero-order chi connectivity index (χ0) is 16.9. The van der Waals surface area contributed by atoms with Crippen LogP contribution in [0.4, 0.5) is 0 Å². The third kappa shape index (κ3) is 5.29. The predicted octanol–water partition coefficient (Wildman–Crippen LogP) is -0.0283. The van der Waals surface area contributed by atoms with Gasteiger partial charge in [0.05, 0.1) is 33.8 Å². The Bertz CT molecular complexity index is 675. The van der Waals surface area contributed by atoms with Crippen LogP contribution in [0.5, 0.6) is 11.5 Å². The van der Waals surface area contributed by atoms with E-state index in [0.29, 0.717) is 24.8 Å². The molecule has 23 heavy (non-hydrogen) atoms. The Balaban J connectivity index is 1.88. The molecule has 0 bridgehead atoms. The van der Waals surface area contributed by atoms with Crippen molar-refractivity contribution in [2.75, 3.05) is 40.4 Å². The molecule has 1 heterocycles. The maximum absolute atomic E-state index is 11.1. The van der Waals surface area contributed by atoms with Crippen molar-refractivity contribution >= 4 is 16.0 Å². The molecule has 0 aliphatic carbocycles. The third-order valence-electron chi connectivity index (χ3n) is 3.35. The van der Waals surface area contributed by atoms with Gasteiger partial charge in [0, 0.05) is 6.54 Å². The van der Waals surface area contributed by atoms with Crippen molar-refractivity contribution in [3.05, 3.63) is 23.8 Å². The second kappa shape index (κ2) is 7.51. The molecule has 0 unspecified atom stereocenters. The topological polar surface area (TPSA) is 92.3 Å². The van der Waals surface area contributed by atoms with Crippen molar-refractivity contribution in [1.82, 2.24) is 14.9 Å². The number of sulfonamides is 1. The first kappa shape index (κ1) is 17.4. The predicted molar refractivity (Wildman–Crippen MR) is 88.2 cm³/mol. The zero-order valence-electron chi connectivity index (χ0n) is 13.5. The molecule has 2 N–H and O–H groups in total. The summed E-state index contributed by atoms with van der Waals surface area (Å²) in [5, 5.41) is 2.94. The second-order valence-electron chi connectivity index (χ2n) is 5.19. The monoisotopic (exact) mass is 342 g/mol. The van der Waals surface area contributed by atoms with Gasteiger partial charge in [-0.3, -0.25) is 9.62 Å². The highest BCUT2D eigenvalue weighted by atomic mass is 32.2. The Kier molecular flexibility index (Phi) is 5.67. The number of aliphatic imine (C=N–C) groups is 1. The summed E-state index contributed by atoms with van der Waals surface area (Å²) >= 11 is 0. The van der Waals surface area contributed by atoms with Gasteiger partial charge in [-0.1, -0.05) is 6.07 Å². The van der Waals surface area contributed by atoms with E-state index in [-0.39, 0.29) is 5.96 Å². The Morgan fingerprint density at radius 2 is 2.04 bits per heavy atom. The van der Waals surface area contributed by atoms with Crippen LogP contribution in [0.3, 0.4) is 0 Å². The summed E-state index contributed by atoms with van der Waals surface area (Å²) in [6, 6.07) is 5.84. The molecule has 0 radical (unpaired) electrons. The van der Waals surface area contributed by atoms with Crippen LogP contribution in [0.2, 0.25) is 0 Å². The first-order valence-electron chi connectivity index (χ1n) is 7.10. The van der Waals surface area contributed by atoms with Crippen LogP contribution in [0.1, 0.15) is 5.56 Å². The summed E-state index contributed by atoms with van der Waals surface area (Å²) in [5.74, 6) is 1.70. The fraction of sp³-hybridized carbons (Fsp3) is 0.500. The SMILES string of the molecule is COc1ccc(CCN2CN=C(NS(C)(=O)=O)NC2)cc1OC. The van der Waals surface area contributed by atoms with Crippen molar-refractivity contribution < 1.29 is 17.9 Å². The van der Waals surface area contributed by atoms with Crippen molar-refractivity contribution in [2.24, 2.45) is 4.99 Å². The molecule has 1 aromatic carbocycles. The van der Waals surface area contributed by atoms with Crippen LogP contribution in [-0.2, 0) is 16.4 Å². The van der Waals surface area contributed by atoms with E-state index in [1.807, 2.05) is 18.2 Å². The van der Waals surface area contributed by atoms with Gasteiger partial charge in [0.2, 0.25) is 16.0 Å². The highest BCUT2D eigenvalue weighted by molar-refractivity contribution is 7.89. The van der Waals surface area contributed by atoms with Gasteiger partial charge in [0.25, 0.3) is 0 Å². The van der Waals surface area contributed by atoms with Crippen molar-refractivity contribution in [3.63, 3.8) is 0 Å². The van der Waals surface area contributed by atoms with E-state index >= 15 is 0 Å². The fourth-order valence-corrected chi connectivity index (χ4v) is 2.67. The Hall–Kier alpha value is -2.00. The van der Waals surface area contributed by atoms with Crippen LogP contribution in [0.15, 0.2) is 23.2 Å². The van der Waals surface area contributed by atoms with Crippen LogP contribution >= 0.6 is 0 Å². The van der Waals surface area contributed by atoms with Gasteiger partial charge in [0.1, 0.15) is 0 Å². The van der Waals surface area contributed by atoms with Gasteiger partial charge in [0.15, 0.2) is 11.5 Å². The van der Waals surface area contributed by atoms with Crippen molar-refractivity contribution in [2.45, 2.75) is 6.42 Å². The van der Waals surface area contributed by atoms with Crippen LogP contribution in [-0.4, -0.2) is 59.6 Å². The van der Waals surface area contributed by atoms with Crippen molar-refractivity contribution in [3.8, 4) is 11.5 Å². The molecular weight excluding hydrogens is 320 g/mol. The Morgan fingerprint density at radius 1 is 1.30 bits per heavy atom. The lowest BCUT2D eigenvalue weighted by atomic mass is 10.1. The Labute approximate surface area is 136 Å². The van der Waals surface area contributed by atoms with Gasteiger partial charge >= 0.3 is 0 Å². The lowest BCUT2D eigenvalue weighted by Crippen LogP contribution is -2.50. The molecule has 9 heteroatoms. The molecule has 0 atom stereocenters. The van der Waals surface area contributed by atoms with E-state index in [2.05, 4.69) is 19.9 Å². The van der Waals surface area contributed by atoms with Crippen LogP contribution < -0.4 is 19.5 Å². The van der Waals surface area contributed by atoms with Crippen LogP contribution in [0, 0.1) is 0 Å². The number of hydrogen-bond donors (Lipinski definition) is 2. The van der Waals surface area contributed by atoms with E-state index < -0.39 is 10.0 Å². The molecule has 1 aromatic rings. The summed E-state index contributed by atoms with van der Waals surface area (Å²) in [6.45, 7) is 1.77. The van der Waals surface area contributed by atoms with Gasteiger partial charge in [-0.05, 0) is 24.1 Å². The minimum absolute atomic E-state index is 0.287. The number of guanidine groups is 1. The molecular formula is C14H22N4O4S. The number of ether oxygens (including phenoxy) is 2. The molecule has 0 spiro atoms. The number of benzene rings is 1. The number of rotatable bonds is 6. The molecule has 128 valence electrons. The molecule has 0 saturated heterocycles. The summed E-state index contributed by atoms with van der Waals surface area (Å²) in [5.41, 5.74) is 1.13. The van der Waals surface area contributed by atoms with Gasteiger partial charge in [-0.2, -0.15) is 0 Å². The molecule has 8 nitrogen and oxygen atoms in total. The van der Waals surface area contributed by atoms with Gasteiger partial charge < -0.3 is 14.8 Å². The van der Waals surface area contributed by atoms with Crippen molar-refractivity contribution in [1.29, 1.82) is 0 Å². The molecule has 0 fully saturated rings. The average molecular weight is 342 g/mol. The number of hydrogen-bond acceptors (Lipinski definition) is 7. The number of nitrogens with zero attached hydrogens (tertiary/aromatic N) is 2. The molecule has 1 aliphatic rings. The number of methoxy groups -OCH3 is 2. The number of nitrogens with one attached hydrogen (secondary N) is 2. The van der Waals surface area contributed by atoms with E-state index in [1.54, 1.807) is 14.2 Å². The molecule has 0 aromatic heterocycles. The average Bonchev–Trinajstić information content (AvgIpc) is 2.52. The Morgan fingerprint density at radius 3 is 2.61 bits per heavy atom. The lowest BCUT2D eigenvalue weighted by molar-refractivity contribution is 0.266. The molecule has 1 aliphatic heterocycles. The van der Waals surface area contributed by atoms with Gasteiger partial charge in [-0.15, -0.1) is 0 Å². The lowest BCUT2D eigenvalue weighted by Gasteiger charge is -2.26. The van der Waals surface area contributed by atoms with E-state index in [1.165, 1.54) is 0 Å². The zero-order valence-corrected chi connectivity index (χ0v) is 14.3. The summed E-state index contributed by atoms with van der Waals surface area (Å²) in [6.07, 6.45) is 1.92.